The number of amides is 1. The van der Waals surface area contributed by atoms with E-state index < -0.39 is 5.41 Å². The van der Waals surface area contributed by atoms with Gasteiger partial charge in [0.2, 0.25) is 5.91 Å². The van der Waals surface area contributed by atoms with Crippen molar-refractivity contribution in [2.75, 3.05) is 20.7 Å². The van der Waals surface area contributed by atoms with Crippen LogP contribution < -0.4 is 5.73 Å². The average Bonchev–Trinajstić information content (AvgIpc) is 2.46. The number of thiocarbonyl (C=S) groups is 1. The van der Waals surface area contributed by atoms with Gasteiger partial charge in [0, 0.05) is 20.0 Å². The number of nitrogens with two attached hydrogens (primary N) is 1. The van der Waals surface area contributed by atoms with Crippen molar-refractivity contribution in [3.8, 4) is 0 Å². The molecule has 0 unspecified atom stereocenters. The Bertz CT molecular complexity index is 379. The van der Waals surface area contributed by atoms with Crippen molar-refractivity contribution in [3.63, 3.8) is 0 Å². The number of methoxy groups -OCH3 is 1. The SMILES string of the molecule is COC(=O)CCCN(C)C(=O)C1(C(N)=S)CCCCC1. The van der Waals surface area contributed by atoms with E-state index in [1.165, 1.54) is 7.11 Å². The normalized spacial score (nSPS) is 17.3. The maximum Gasteiger partial charge on any atom is 0.305 e. The minimum absolute atomic E-state index is 0.00503. The van der Waals surface area contributed by atoms with Gasteiger partial charge in [0.15, 0.2) is 0 Å². The second-order valence-electron chi connectivity index (χ2n) is 5.41. The van der Waals surface area contributed by atoms with Crippen LogP contribution in [0.1, 0.15) is 44.9 Å². The monoisotopic (exact) mass is 300 g/mol. The van der Waals surface area contributed by atoms with Gasteiger partial charge in [-0.25, -0.2) is 0 Å². The molecule has 0 saturated heterocycles. The smallest absolute Gasteiger partial charge is 0.305 e. The number of carbonyl (C=O) groups excluding carboxylic acids is 2. The number of nitrogens with zero attached hydrogens (tertiary/aromatic N) is 1. The minimum atomic E-state index is -0.673. The Kier molecular flexibility index (Phi) is 6.39. The molecule has 1 rings (SSSR count). The molecule has 114 valence electrons. The second kappa shape index (κ2) is 7.57. The molecule has 0 spiro atoms. The lowest BCUT2D eigenvalue weighted by atomic mass is 9.73. The molecule has 0 atom stereocenters. The molecule has 0 bridgehead atoms. The van der Waals surface area contributed by atoms with E-state index in [0.29, 0.717) is 24.4 Å². The maximum absolute atomic E-state index is 12.6. The molecule has 0 radical (unpaired) electrons. The van der Waals surface area contributed by atoms with E-state index in [-0.39, 0.29) is 11.9 Å². The second-order valence-corrected chi connectivity index (χ2v) is 5.85. The first-order valence-corrected chi connectivity index (χ1v) is 7.47. The van der Waals surface area contributed by atoms with Crippen molar-refractivity contribution in [1.82, 2.24) is 4.90 Å². The van der Waals surface area contributed by atoms with Gasteiger partial charge in [-0.1, -0.05) is 31.5 Å². The zero-order valence-electron chi connectivity index (χ0n) is 12.3. The molecule has 0 aliphatic heterocycles. The van der Waals surface area contributed by atoms with E-state index in [2.05, 4.69) is 4.74 Å². The fourth-order valence-electron chi connectivity index (χ4n) is 2.75. The van der Waals surface area contributed by atoms with Crippen LogP contribution in [0, 0.1) is 5.41 Å². The summed E-state index contributed by atoms with van der Waals surface area (Å²) in [7, 11) is 3.11. The third-order valence-corrected chi connectivity index (χ3v) is 4.43. The van der Waals surface area contributed by atoms with Gasteiger partial charge in [-0.3, -0.25) is 9.59 Å². The van der Waals surface area contributed by atoms with Crippen molar-refractivity contribution in [2.24, 2.45) is 11.1 Å². The van der Waals surface area contributed by atoms with E-state index in [9.17, 15) is 9.59 Å². The molecule has 20 heavy (non-hydrogen) atoms. The summed E-state index contributed by atoms with van der Waals surface area (Å²) < 4.78 is 4.58. The Hall–Kier alpha value is -1.17. The van der Waals surface area contributed by atoms with Crippen LogP contribution in [-0.4, -0.2) is 42.5 Å². The number of hydrogen-bond donors (Lipinski definition) is 1. The van der Waals surface area contributed by atoms with Gasteiger partial charge < -0.3 is 15.4 Å². The number of carbonyl (C=O) groups is 2. The quantitative estimate of drug-likeness (QED) is 0.596. The van der Waals surface area contributed by atoms with Gasteiger partial charge in [-0.15, -0.1) is 0 Å². The molecular formula is C14H24N2O3S. The van der Waals surface area contributed by atoms with Crippen LogP contribution >= 0.6 is 12.2 Å². The Morgan fingerprint density at radius 2 is 1.90 bits per heavy atom. The summed E-state index contributed by atoms with van der Waals surface area (Å²) in [5, 5.41) is 0. The van der Waals surface area contributed by atoms with Gasteiger partial charge in [0.25, 0.3) is 0 Å². The zero-order chi connectivity index (χ0) is 15.2. The van der Waals surface area contributed by atoms with Crippen molar-refractivity contribution in [2.45, 2.75) is 44.9 Å². The van der Waals surface area contributed by atoms with E-state index in [1.54, 1.807) is 11.9 Å². The zero-order valence-corrected chi connectivity index (χ0v) is 13.1. The minimum Gasteiger partial charge on any atom is -0.469 e. The van der Waals surface area contributed by atoms with Crippen LogP contribution in [0.15, 0.2) is 0 Å². The molecule has 2 N–H and O–H groups in total. The predicted octanol–water partition coefficient (Wildman–Crippen LogP) is 1.63. The van der Waals surface area contributed by atoms with E-state index in [0.717, 1.165) is 32.1 Å². The molecule has 1 fully saturated rings. The third kappa shape index (κ3) is 3.91. The standard InChI is InChI=1S/C14H24N2O3S/c1-16(10-6-7-11(17)19-2)13(18)14(12(15)20)8-4-3-5-9-14/h3-10H2,1-2H3,(H2,15,20). The molecule has 0 aromatic rings. The third-order valence-electron chi connectivity index (χ3n) is 4.04. The Morgan fingerprint density at radius 3 is 2.40 bits per heavy atom. The Morgan fingerprint density at radius 1 is 1.30 bits per heavy atom. The highest BCUT2D eigenvalue weighted by molar-refractivity contribution is 7.80. The van der Waals surface area contributed by atoms with Crippen LogP contribution in [0.3, 0.4) is 0 Å². The lowest BCUT2D eigenvalue weighted by Gasteiger charge is -2.37. The van der Waals surface area contributed by atoms with E-state index >= 15 is 0 Å². The first-order valence-electron chi connectivity index (χ1n) is 7.06. The number of rotatable bonds is 6. The van der Waals surface area contributed by atoms with Crippen LogP contribution in [0.2, 0.25) is 0 Å². The van der Waals surface area contributed by atoms with Crippen molar-refractivity contribution < 1.29 is 14.3 Å². The van der Waals surface area contributed by atoms with Crippen molar-refractivity contribution >= 4 is 29.1 Å². The summed E-state index contributed by atoms with van der Waals surface area (Å²) in [6.07, 6.45) is 5.48. The van der Waals surface area contributed by atoms with Crippen molar-refractivity contribution in [1.29, 1.82) is 0 Å². The molecular weight excluding hydrogens is 276 g/mol. The first kappa shape index (κ1) is 16.9. The summed E-state index contributed by atoms with van der Waals surface area (Å²) in [6.45, 7) is 0.512. The number of hydrogen-bond acceptors (Lipinski definition) is 4. The van der Waals surface area contributed by atoms with E-state index in [1.807, 2.05) is 0 Å². The van der Waals surface area contributed by atoms with Gasteiger partial charge in [-0.05, 0) is 19.3 Å². The van der Waals surface area contributed by atoms with Crippen molar-refractivity contribution in [3.05, 3.63) is 0 Å². The van der Waals surface area contributed by atoms with Gasteiger partial charge >= 0.3 is 5.97 Å². The summed E-state index contributed by atoms with van der Waals surface area (Å²) in [5.74, 6) is -0.262. The highest BCUT2D eigenvalue weighted by Crippen LogP contribution is 2.38. The molecule has 0 heterocycles. The largest absolute Gasteiger partial charge is 0.469 e. The lowest BCUT2D eigenvalue weighted by molar-refractivity contribution is -0.142. The fraction of sp³-hybridized carbons (Fsp3) is 0.786. The Labute approximate surface area is 125 Å². The summed E-state index contributed by atoms with van der Waals surface area (Å²) in [4.78, 5) is 25.7. The lowest BCUT2D eigenvalue weighted by Crippen LogP contribution is -2.50. The number of ether oxygens (including phenoxy) is 1. The summed E-state index contributed by atoms with van der Waals surface area (Å²) >= 11 is 5.15. The summed E-state index contributed by atoms with van der Waals surface area (Å²) in [5.41, 5.74) is 5.18. The van der Waals surface area contributed by atoms with E-state index in [4.69, 9.17) is 18.0 Å². The molecule has 1 saturated carbocycles. The molecule has 1 aliphatic rings. The van der Waals surface area contributed by atoms with Crippen LogP contribution in [0.5, 0.6) is 0 Å². The van der Waals surface area contributed by atoms with Gasteiger partial charge in [0.1, 0.15) is 0 Å². The molecule has 0 aromatic heterocycles. The number of esters is 1. The molecule has 1 aliphatic carbocycles. The van der Waals surface area contributed by atoms with Gasteiger partial charge in [-0.2, -0.15) is 0 Å². The van der Waals surface area contributed by atoms with Gasteiger partial charge in [0.05, 0.1) is 17.5 Å². The van der Waals surface area contributed by atoms with Crippen LogP contribution in [0.4, 0.5) is 0 Å². The molecule has 1 amide bonds. The first-order chi connectivity index (χ1) is 9.44. The molecule has 5 nitrogen and oxygen atoms in total. The molecule has 6 heteroatoms. The topological polar surface area (TPSA) is 72.6 Å². The van der Waals surface area contributed by atoms with Crippen LogP contribution in [0.25, 0.3) is 0 Å². The highest BCUT2D eigenvalue weighted by Gasteiger charge is 2.43. The average molecular weight is 300 g/mol. The fourth-order valence-corrected chi connectivity index (χ4v) is 3.04. The Balaban J connectivity index is 2.60. The highest BCUT2D eigenvalue weighted by atomic mass is 32.1. The summed E-state index contributed by atoms with van der Waals surface area (Å²) in [6, 6.07) is 0. The maximum atomic E-state index is 12.6. The van der Waals surface area contributed by atoms with Crippen LogP contribution in [-0.2, 0) is 14.3 Å². The predicted molar refractivity (Wildman–Crippen MR) is 81.2 cm³/mol. The molecule has 0 aromatic carbocycles.